The zero-order chi connectivity index (χ0) is 13.2. The van der Waals surface area contributed by atoms with E-state index < -0.39 is 17.5 Å². The third-order valence-corrected chi connectivity index (χ3v) is 3.87. The summed E-state index contributed by atoms with van der Waals surface area (Å²) in [6.07, 6.45) is 7.09. The maximum atomic E-state index is 11.3. The molecule has 0 amide bonds. The molecule has 2 fully saturated rings. The summed E-state index contributed by atoms with van der Waals surface area (Å²) in [6.45, 7) is 7.36. The molecule has 0 aromatic heterocycles. The van der Waals surface area contributed by atoms with Gasteiger partial charge in [0.25, 0.3) is 0 Å². The van der Waals surface area contributed by atoms with E-state index in [1.807, 2.05) is 6.92 Å². The van der Waals surface area contributed by atoms with Crippen molar-refractivity contribution in [3.8, 4) is 0 Å². The molecule has 4 nitrogen and oxygen atoms in total. The zero-order valence-electron chi connectivity index (χ0n) is 11.2. The highest BCUT2D eigenvalue weighted by Crippen LogP contribution is 2.43. The molecule has 0 N–H and O–H groups in total. The molecule has 1 aliphatic heterocycles. The van der Waals surface area contributed by atoms with E-state index >= 15 is 0 Å². The Morgan fingerprint density at radius 1 is 1.33 bits per heavy atom. The maximum Gasteiger partial charge on any atom is 0.332 e. The minimum Gasteiger partial charge on any atom is -0.428 e. The molecule has 1 aliphatic carbocycles. The van der Waals surface area contributed by atoms with Crippen LogP contribution in [0.25, 0.3) is 0 Å². The number of carbonyl (C=O) groups excluding carboxylic acids is 1. The molecule has 18 heavy (non-hydrogen) atoms. The minimum absolute atomic E-state index is 0.277. The predicted octanol–water partition coefficient (Wildman–Crippen LogP) is 2.78. The van der Waals surface area contributed by atoms with Crippen LogP contribution in [0.15, 0.2) is 12.7 Å². The van der Waals surface area contributed by atoms with Gasteiger partial charge in [0.15, 0.2) is 5.79 Å². The van der Waals surface area contributed by atoms with Crippen molar-refractivity contribution in [2.45, 2.75) is 57.5 Å². The zero-order valence-corrected chi connectivity index (χ0v) is 11.2. The van der Waals surface area contributed by atoms with Crippen molar-refractivity contribution in [1.82, 2.24) is 0 Å². The molecule has 0 aromatic rings. The molecule has 1 saturated heterocycles. The van der Waals surface area contributed by atoms with Gasteiger partial charge < -0.3 is 14.2 Å². The SMILES string of the molecule is C=CC(=O)OC1(C)COC(C)(C2CCCCC2)O1. The first-order chi connectivity index (χ1) is 8.47. The van der Waals surface area contributed by atoms with Gasteiger partial charge in [-0.25, -0.2) is 4.79 Å². The fourth-order valence-electron chi connectivity index (χ4n) is 2.89. The highest BCUT2D eigenvalue weighted by Gasteiger charge is 2.51. The van der Waals surface area contributed by atoms with Crippen LogP contribution in [0.4, 0.5) is 0 Å². The van der Waals surface area contributed by atoms with Gasteiger partial charge in [0.2, 0.25) is 5.79 Å². The average molecular weight is 254 g/mol. The fourth-order valence-corrected chi connectivity index (χ4v) is 2.89. The molecule has 0 spiro atoms. The van der Waals surface area contributed by atoms with Gasteiger partial charge in [-0.15, -0.1) is 0 Å². The van der Waals surface area contributed by atoms with Crippen molar-refractivity contribution in [3.63, 3.8) is 0 Å². The molecular weight excluding hydrogens is 232 g/mol. The molecule has 0 radical (unpaired) electrons. The van der Waals surface area contributed by atoms with E-state index in [9.17, 15) is 4.79 Å². The third-order valence-electron chi connectivity index (χ3n) is 3.87. The van der Waals surface area contributed by atoms with Crippen LogP contribution in [0.2, 0.25) is 0 Å². The highest BCUT2D eigenvalue weighted by atomic mass is 16.8. The predicted molar refractivity (Wildman–Crippen MR) is 66.7 cm³/mol. The molecule has 2 rings (SSSR count). The van der Waals surface area contributed by atoms with E-state index in [1.165, 1.54) is 19.3 Å². The number of carbonyl (C=O) groups is 1. The van der Waals surface area contributed by atoms with Crippen molar-refractivity contribution < 1.29 is 19.0 Å². The van der Waals surface area contributed by atoms with Crippen LogP contribution in [0.1, 0.15) is 46.0 Å². The Balaban J connectivity index is 2.00. The number of ether oxygens (including phenoxy) is 3. The van der Waals surface area contributed by atoms with Crippen LogP contribution in [-0.2, 0) is 19.0 Å². The molecule has 4 heteroatoms. The summed E-state index contributed by atoms with van der Waals surface area (Å²) in [6, 6.07) is 0. The minimum atomic E-state index is -0.989. The Bertz CT molecular complexity index is 335. The van der Waals surface area contributed by atoms with E-state index in [1.54, 1.807) is 6.92 Å². The first-order valence-corrected chi connectivity index (χ1v) is 6.67. The highest BCUT2D eigenvalue weighted by molar-refractivity contribution is 5.81. The second kappa shape index (κ2) is 5.02. The molecule has 2 atom stereocenters. The molecule has 0 aromatic carbocycles. The van der Waals surface area contributed by atoms with Gasteiger partial charge in [0.05, 0.1) is 0 Å². The van der Waals surface area contributed by atoms with Crippen LogP contribution in [0.3, 0.4) is 0 Å². The number of hydrogen-bond donors (Lipinski definition) is 0. The van der Waals surface area contributed by atoms with Gasteiger partial charge in [-0.1, -0.05) is 25.8 Å². The molecule has 2 aliphatic rings. The maximum absolute atomic E-state index is 11.3. The van der Waals surface area contributed by atoms with Crippen LogP contribution in [-0.4, -0.2) is 24.2 Å². The number of hydrogen-bond acceptors (Lipinski definition) is 4. The van der Waals surface area contributed by atoms with Gasteiger partial charge in [0.1, 0.15) is 6.61 Å². The smallest absolute Gasteiger partial charge is 0.332 e. The van der Waals surface area contributed by atoms with Crippen LogP contribution in [0.5, 0.6) is 0 Å². The lowest BCUT2D eigenvalue weighted by Gasteiger charge is -2.36. The standard InChI is InChI=1S/C14H22O4/c1-4-12(15)17-13(2)10-16-14(3,18-13)11-8-6-5-7-9-11/h4,11H,1,5-10H2,2-3H3. The molecule has 102 valence electrons. The molecule has 2 unspecified atom stereocenters. The largest absolute Gasteiger partial charge is 0.428 e. The molecular formula is C14H22O4. The second-order valence-electron chi connectivity index (χ2n) is 5.50. The fraction of sp³-hybridized carbons (Fsp3) is 0.786. The topological polar surface area (TPSA) is 44.8 Å². The quantitative estimate of drug-likeness (QED) is 0.574. The van der Waals surface area contributed by atoms with Crippen LogP contribution >= 0.6 is 0 Å². The monoisotopic (exact) mass is 254 g/mol. The first-order valence-electron chi connectivity index (χ1n) is 6.67. The third kappa shape index (κ3) is 2.75. The van der Waals surface area contributed by atoms with E-state index in [-0.39, 0.29) is 6.61 Å². The van der Waals surface area contributed by atoms with E-state index in [4.69, 9.17) is 14.2 Å². The Hall–Kier alpha value is -0.870. The molecule has 1 saturated carbocycles. The molecule has 1 heterocycles. The first kappa shape index (κ1) is 13.6. The van der Waals surface area contributed by atoms with Gasteiger partial charge in [-0.2, -0.15) is 0 Å². The number of esters is 1. The van der Waals surface area contributed by atoms with Gasteiger partial charge in [-0.05, 0) is 19.8 Å². The summed E-state index contributed by atoms with van der Waals surface area (Å²) in [5.74, 6) is -1.71. The lowest BCUT2D eigenvalue weighted by Crippen LogP contribution is -2.41. The Morgan fingerprint density at radius 2 is 2.00 bits per heavy atom. The normalized spacial score (nSPS) is 37.4. The summed E-state index contributed by atoms with van der Waals surface area (Å²) in [5, 5.41) is 0. The summed E-state index contributed by atoms with van der Waals surface area (Å²) in [4.78, 5) is 11.3. The van der Waals surface area contributed by atoms with Crippen molar-refractivity contribution in [2.75, 3.05) is 6.61 Å². The summed E-state index contributed by atoms with van der Waals surface area (Å²) < 4.78 is 17.0. The summed E-state index contributed by atoms with van der Waals surface area (Å²) in [7, 11) is 0. The van der Waals surface area contributed by atoms with Crippen LogP contribution < -0.4 is 0 Å². The summed E-state index contributed by atoms with van der Waals surface area (Å²) in [5.41, 5.74) is 0. The lowest BCUT2D eigenvalue weighted by atomic mass is 9.84. The Morgan fingerprint density at radius 3 is 2.61 bits per heavy atom. The van der Waals surface area contributed by atoms with E-state index in [0.717, 1.165) is 18.9 Å². The van der Waals surface area contributed by atoms with Crippen LogP contribution in [0, 0.1) is 5.92 Å². The van der Waals surface area contributed by atoms with Crippen molar-refractivity contribution in [3.05, 3.63) is 12.7 Å². The average Bonchev–Trinajstić information content (AvgIpc) is 2.67. The van der Waals surface area contributed by atoms with E-state index in [0.29, 0.717) is 5.92 Å². The van der Waals surface area contributed by atoms with Crippen molar-refractivity contribution in [2.24, 2.45) is 5.92 Å². The van der Waals surface area contributed by atoms with Gasteiger partial charge in [0, 0.05) is 18.9 Å². The number of rotatable bonds is 3. The Kier molecular flexibility index (Phi) is 3.78. The van der Waals surface area contributed by atoms with Crippen molar-refractivity contribution >= 4 is 5.97 Å². The Labute approximate surface area is 108 Å². The van der Waals surface area contributed by atoms with Crippen molar-refractivity contribution in [1.29, 1.82) is 0 Å². The molecule has 0 bridgehead atoms. The van der Waals surface area contributed by atoms with Gasteiger partial charge >= 0.3 is 5.97 Å². The second-order valence-corrected chi connectivity index (χ2v) is 5.50. The lowest BCUT2D eigenvalue weighted by molar-refractivity contribution is -0.262. The summed E-state index contributed by atoms with van der Waals surface area (Å²) >= 11 is 0. The van der Waals surface area contributed by atoms with E-state index in [2.05, 4.69) is 6.58 Å². The van der Waals surface area contributed by atoms with Gasteiger partial charge in [-0.3, -0.25) is 0 Å².